The van der Waals surface area contributed by atoms with Gasteiger partial charge < -0.3 is 10.5 Å². The van der Waals surface area contributed by atoms with Crippen LogP contribution in [0.3, 0.4) is 0 Å². The van der Waals surface area contributed by atoms with E-state index in [1.54, 1.807) is 0 Å². The summed E-state index contributed by atoms with van der Waals surface area (Å²) in [6.45, 7) is 0. The van der Waals surface area contributed by atoms with Gasteiger partial charge in [0.05, 0.1) is 12.7 Å². The van der Waals surface area contributed by atoms with Crippen LogP contribution in [-0.2, 0) is 11.2 Å². The highest BCUT2D eigenvalue weighted by Crippen LogP contribution is 2.27. The molecule has 3 heteroatoms. The van der Waals surface area contributed by atoms with Gasteiger partial charge in [0, 0.05) is 12.0 Å². The smallest absolute Gasteiger partial charge is 0.337 e. The molecular formula is C12H16NO2+. The summed E-state index contributed by atoms with van der Waals surface area (Å²) in [6, 6.07) is 6.16. The second kappa shape index (κ2) is 4.03. The Bertz CT molecular complexity index is 387. The zero-order chi connectivity index (χ0) is 10.8. The lowest BCUT2D eigenvalue weighted by molar-refractivity contribution is -0.429. The SMILES string of the molecule is COC(=O)c1ccc2c(c1)CCCC2[NH3+]. The first-order valence-electron chi connectivity index (χ1n) is 5.26. The second-order valence-corrected chi connectivity index (χ2v) is 3.99. The van der Waals surface area contributed by atoms with Crippen LogP contribution >= 0.6 is 0 Å². The Hall–Kier alpha value is -1.35. The number of fused-ring (bicyclic) bond motifs is 1. The number of benzene rings is 1. The Morgan fingerprint density at radius 3 is 3.07 bits per heavy atom. The van der Waals surface area contributed by atoms with Crippen molar-refractivity contribution in [2.75, 3.05) is 7.11 Å². The quantitative estimate of drug-likeness (QED) is 0.699. The van der Waals surface area contributed by atoms with E-state index < -0.39 is 0 Å². The molecule has 1 aromatic rings. The van der Waals surface area contributed by atoms with Crippen molar-refractivity contribution in [1.82, 2.24) is 0 Å². The number of aryl methyl sites for hydroxylation is 1. The van der Waals surface area contributed by atoms with E-state index in [4.69, 9.17) is 4.74 Å². The van der Waals surface area contributed by atoms with Gasteiger partial charge in [-0.15, -0.1) is 0 Å². The van der Waals surface area contributed by atoms with Crippen LogP contribution in [0.15, 0.2) is 18.2 Å². The highest BCUT2D eigenvalue weighted by atomic mass is 16.5. The minimum Gasteiger partial charge on any atom is -0.465 e. The molecule has 0 bridgehead atoms. The summed E-state index contributed by atoms with van der Waals surface area (Å²) in [5.41, 5.74) is 7.30. The molecule has 0 saturated carbocycles. The topological polar surface area (TPSA) is 53.9 Å². The third-order valence-corrected chi connectivity index (χ3v) is 3.00. The number of ether oxygens (including phenoxy) is 1. The monoisotopic (exact) mass is 206 g/mol. The third kappa shape index (κ3) is 1.88. The fraction of sp³-hybridized carbons (Fsp3) is 0.417. The number of hydrogen-bond donors (Lipinski definition) is 1. The van der Waals surface area contributed by atoms with Crippen LogP contribution in [-0.4, -0.2) is 13.1 Å². The fourth-order valence-corrected chi connectivity index (χ4v) is 2.16. The van der Waals surface area contributed by atoms with Gasteiger partial charge in [-0.05, 0) is 30.5 Å². The second-order valence-electron chi connectivity index (χ2n) is 3.99. The van der Waals surface area contributed by atoms with Gasteiger partial charge in [0.25, 0.3) is 0 Å². The van der Waals surface area contributed by atoms with Crippen LogP contribution in [0.1, 0.15) is 40.4 Å². The Balaban J connectivity index is 2.37. The zero-order valence-corrected chi connectivity index (χ0v) is 8.95. The van der Waals surface area contributed by atoms with E-state index in [-0.39, 0.29) is 5.97 Å². The predicted octanol–water partition coefficient (Wildman–Crippen LogP) is 1.09. The molecule has 0 heterocycles. The van der Waals surface area contributed by atoms with Gasteiger partial charge in [-0.3, -0.25) is 0 Å². The normalized spacial score (nSPS) is 19.5. The molecule has 80 valence electrons. The maximum Gasteiger partial charge on any atom is 0.337 e. The van der Waals surface area contributed by atoms with Crippen molar-refractivity contribution >= 4 is 5.97 Å². The van der Waals surface area contributed by atoms with Crippen LogP contribution < -0.4 is 5.73 Å². The Morgan fingerprint density at radius 1 is 1.53 bits per heavy atom. The van der Waals surface area contributed by atoms with Crippen molar-refractivity contribution in [1.29, 1.82) is 0 Å². The summed E-state index contributed by atoms with van der Waals surface area (Å²) in [5.74, 6) is -0.260. The molecule has 0 aromatic heterocycles. The van der Waals surface area contributed by atoms with E-state index in [2.05, 4.69) is 5.73 Å². The molecule has 0 radical (unpaired) electrons. The number of rotatable bonds is 1. The van der Waals surface area contributed by atoms with Crippen LogP contribution in [0.4, 0.5) is 0 Å². The Labute approximate surface area is 89.2 Å². The van der Waals surface area contributed by atoms with Crippen molar-refractivity contribution in [3.8, 4) is 0 Å². The van der Waals surface area contributed by atoms with E-state index >= 15 is 0 Å². The molecule has 3 N–H and O–H groups in total. The fourth-order valence-electron chi connectivity index (χ4n) is 2.16. The van der Waals surface area contributed by atoms with Gasteiger partial charge in [-0.1, -0.05) is 6.07 Å². The van der Waals surface area contributed by atoms with Crippen LogP contribution in [0.5, 0.6) is 0 Å². The first-order valence-corrected chi connectivity index (χ1v) is 5.26. The highest BCUT2D eigenvalue weighted by Gasteiger charge is 2.20. The summed E-state index contributed by atoms with van der Waals surface area (Å²) in [4.78, 5) is 11.3. The Morgan fingerprint density at radius 2 is 2.33 bits per heavy atom. The molecule has 1 aliphatic carbocycles. The molecule has 0 fully saturated rings. The molecule has 1 unspecified atom stereocenters. The van der Waals surface area contributed by atoms with E-state index in [1.807, 2.05) is 18.2 Å². The first kappa shape index (κ1) is 10.2. The van der Waals surface area contributed by atoms with Crippen molar-refractivity contribution in [2.45, 2.75) is 25.3 Å². The van der Waals surface area contributed by atoms with Crippen molar-refractivity contribution < 1.29 is 15.3 Å². The summed E-state index contributed by atoms with van der Waals surface area (Å²) in [5, 5.41) is 0. The number of carbonyl (C=O) groups is 1. The van der Waals surface area contributed by atoms with Crippen LogP contribution in [0, 0.1) is 0 Å². The number of hydrogen-bond acceptors (Lipinski definition) is 2. The van der Waals surface area contributed by atoms with Gasteiger partial charge in [-0.25, -0.2) is 4.79 Å². The Kier molecular flexibility index (Phi) is 2.73. The van der Waals surface area contributed by atoms with Gasteiger partial charge >= 0.3 is 5.97 Å². The van der Waals surface area contributed by atoms with Gasteiger partial charge in [-0.2, -0.15) is 0 Å². The molecule has 1 atom stereocenters. The molecule has 15 heavy (non-hydrogen) atoms. The number of quaternary nitrogens is 1. The molecule has 3 nitrogen and oxygen atoms in total. The van der Waals surface area contributed by atoms with E-state index in [1.165, 1.54) is 18.2 Å². The number of esters is 1. The average molecular weight is 206 g/mol. The lowest BCUT2D eigenvalue weighted by Gasteiger charge is -2.19. The molecule has 0 spiro atoms. The lowest BCUT2D eigenvalue weighted by Crippen LogP contribution is -2.54. The van der Waals surface area contributed by atoms with Gasteiger partial charge in [0.2, 0.25) is 0 Å². The third-order valence-electron chi connectivity index (χ3n) is 3.00. The van der Waals surface area contributed by atoms with Crippen LogP contribution in [0.25, 0.3) is 0 Å². The van der Waals surface area contributed by atoms with Crippen molar-refractivity contribution in [3.05, 3.63) is 34.9 Å². The minimum atomic E-state index is -0.260. The van der Waals surface area contributed by atoms with E-state index in [0.29, 0.717) is 11.6 Å². The molecule has 2 rings (SSSR count). The van der Waals surface area contributed by atoms with Crippen LogP contribution in [0.2, 0.25) is 0 Å². The molecular weight excluding hydrogens is 190 g/mol. The van der Waals surface area contributed by atoms with E-state index in [9.17, 15) is 4.79 Å². The summed E-state index contributed by atoms with van der Waals surface area (Å²) in [6.07, 6.45) is 3.35. The number of methoxy groups -OCH3 is 1. The minimum absolute atomic E-state index is 0.260. The average Bonchev–Trinajstić information content (AvgIpc) is 2.28. The molecule has 1 aromatic carbocycles. The molecule has 0 saturated heterocycles. The molecule has 1 aliphatic rings. The van der Waals surface area contributed by atoms with Crippen molar-refractivity contribution in [3.63, 3.8) is 0 Å². The summed E-state index contributed by atoms with van der Waals surface area (Å²) in [7, 11) is 1.41. The van der Waals surface area contributed by atoms with Gasteiger partial charge in [0.1, 0.15) is 6.04 Å². The number of carbonyl (C=O) groups excluding carboxylic acids is 1. The largest absolute Gasteiger partial charge is 0.465 e. The predicted molar refractivity (Wildman–Crippen MR) is 56.3 cm³/mol. The standard InChI is InChI=1S/C12H15NO2/c1-15-12(14)9-5-6-10-8(7-9)3-2-4-11(10)13/h5-7,11H,2-4,13H2,1H3/p+1. The van der Waals surface area contributed by atoms with Crippen molar-refractivity contribution in [2.24, 2.45) is 0 Å². The lowest BCUT2D eigenvalue weighted by atomic mass is 9.87. The summed E-state index contributed by atoms with van der Waals surface area (Å²) >= 11 is 0. The molecule has 0 amide bonds. The van der Waals surface area contributed by atoms with E-state index in [0.717, 1.165) is 19.3 Å². The first-order chi connectivity index (χ1) is 7.22. The zero-order valence-electron chi connectivity index (χ0n) is 8.95. The maximum absolute atomic E-state index is 11.3. The highest BCUT2D eigenvalue weighted by molar-refractivity contribution is 5.89. The summed E-state index contributed by atoms with van der Waals surface area (Å²) < 4.78 is 4.70. The van der Waals surface area contributed by atoms with Gasteiger partial charge in [0.15, 0.2) is 0 Å². The molecule has 0 aliphatic heterocycles. The maximum atomic E-state index is 11.3.